The van der Waals surface area contributed by atoms with Gasteiger partial charge in [-0.1, -0.05) is 83.4 Å². The minimum Gasteiger partial charge on any atom is -0.508 e. The number of allylic oxidation sites excluding steroid dienone is 2. The van der Waals surface area contributed by atoms with Crippen LogP contribution in [0.15, 0.2) is 137 Å². The molecule has 57 heavy (non-hydrogen) atoms. The standard InChI is InChI=1S/C46H35ClN4O6/c1-25-11-16-29(17-12-25)49-51-43(54)35-24-33-31(40(34-23-28(47)15-22-37(34)52)46(35,45(51)56)27-7-3-2-4-8-27)20-21-32-39(33)44(55)50(42(32)53)30-18-13-26(14-19-30)41-48-36-9-5-6-10-38(36)57-41/h2-20,22-23,32-33,35,39-40,49,52H,21,24H2,1H3/t32-,33+,35-,39-,40+,46+/m0/s1. The van der Waals surface area contributed by atoms with Crippen molar-refractivity contribution in [2.45, 2.75) is 31.1 Å². The number of rotatable bonds is 6. The zero-order valence-corrected chi connectivity index (χ0v) is 31.4. The first-order chi connectivity index (χ1) is 27.6. The first-order valence-electron chi connectivity index (χ1n) is 18.9. The molecule has 0 radical (unpaired) electrons. The predicted molar refractivity (Wildman–Crippen MR) is 214 cm³/mol. The Kier molecular flexibility index (Phi) is 7.98. The molecule has 10 rings (SSSR count). The number of phenolic OH excluding ortho intramolecular Hbond substituents is 1. The summed E-state index contributed by atoms with van der Waals surface area (Å²) in [6.45, 7) is 1.95. The molecule has 1 saturated carbocycles. The van der Waals surface area contributed by atoms with Crippen molar-refractivity contribution in [1.82, 2.24) is 9.99 Å². The Labute approximate surface area is 332 Å². The van der Waals surface area contributed by atoms with E-state index in [-0.39, 0.29) is 30.4 Å². The SMILES string of the molecule is Cc1ccc(NN2C(=O)[C@@H]3C[C@@H]4C(=CC[C@@H]5C(=O)N(c6ccc(-c7nc8ccccc8o7)cc6)C(=O)[C@@H]54)[C@H](c4cc(Cl)ccc4O)[C@]3(c3ccccc3)C2=O)cc1. The molecule has 2 aliphatic carbocycles. The number of aromatic hydroxyl groups is 1. The lowest BCUT2D eigenvalue weighted by Crippen LogP contribution is -2.53. The number of benzene rings is 5. The number of oxazole rings is 1. The average Bonchev–Trinajstić information content (AvgIpc) is 3.84. The first-order valence-corrected chi connectivity index (χ1v) is 19.3. The lowest BCUT2D eigenvalue weighted by atomic mass is 9.49. The van der Waals surface area contributed by atoms with Crippen molar-refractivity contribution in [3.63, 3.8) is 0 Å². The molecule has 3 heterocycles. The number of aryl methyl sites for hydroxylation is 1. The molecule has 2 saturated heterocycles. The maximum absolute atomic E-state index is 15.3. The van der Waals surface area contributed by atoms with Crippen LogP contribution in [-0.2, 0) is 24.6 Å². The molecule has 3 fully saturated rings. The number of hydrogen-bond acceptors (Lipinski definition) is 8. The summed E-state index contributed by atoms with van der Waals surface area (Å²) in [5.74, 6) is -5.29. The van der Waals surface area contributed by atoms with E-state index in [0.717, 1.165) is 21.7 Å². The molecule has 2 N–H and O–H groups in total. The van der Waals surface area contributed by atoms with E-state index >= 15 is 4.79 Å². The van der Waals surface area contributed by atoms with Crippen molar-refractivity contribution in [2.24, 2.45) is 23.7 Å². The van der Waals surface area contributed by atoms with Crippen molar-refractivity contribution < 1.29 is 28.7 Å². The molecular formula is C46H35ClN4O6. The van der Waals surface area contributed by atoms with Gasteiger partial charge >= 0.3 is 0 Å². The molecule has 282 valence electrons. The molecule has 5 aromatic carbocycles. The van der Waals surface area contributed by atoms with E-state index < -0.39 is 46.8 Å². The molecule has 0 spiro atoms. The topological polar surface area (TPSA) is 133 Å². The van der Waals surface area contributed by atoms with Crippen LogP contribution in [0.2, 0.25) is 5.02 Å². The fourth-order valence-corrected chi connectivity index (χ4v) is 10.0. The third kappa shape index (κ3) is 5.20. The quantitative estimate of drug-likeness (QED) is 0.128. The number of carbonyl (C=O) groups is 4. The number of halogens is 1. The second-order valence-electron chi connectivity index (χ2n) is 15.3. The van der Waals surface area contributed by atoms with E-state index in [2.05, 4.69) is 10.4 Å². The summed E-state index contributed by atoms with van der Waals surface area (Å²) in [5.41, 5.74) is 7.31. The fraction of sp³-hybridized carbons (Fsp3) is 0.196. The van der Waals surface area contributed by atoms with E-state index in [1.807, 2.05) is 79.7 Å². The van der Waals surface area contributed by atoms with Crippen LogP contribution in [-0.4, -0.2) is 38.7 Å². The van der Waals surface area contributed by atoms with Crippen LogP contribution < -0.4 is 10.3 Å². The van der Waals surface area contributed by atoms with Gasteiger partial charge in [0.25, 0.3) is 11.8 Å². The summed E-state index contributed by atoms with van der Waals surface area (Å²) in [4.78, 5) is 65.1. The van der Waals surface area contributed by atoms with Crippen LogP contribution in [0, 0.1) is 30.6 Å². The minimum absolute atomic E-state index is 0.0955. The fourth-order valence-electron chi connectivity index (χ4n) is 9.85. The Bertz CT molecular complexity index is 2640. The number of carbonyl (C=O) groups excluding carboxylic acids is 4. The largest absolute Gasteiger partial charge is 0.508 e. The Morgan fingerprint density at radius 1 is 0.825 bits per heavy atom. The Morgan fingerprint density at radius 3 is 2.32 bits per heavy atom. The molecule has 6 atom stereocenters. The van der Waals surface area contributed by atoms with E-state index in [9.17, 15) is 19.5 Å². The van der Waals surface area contributed by atoms with Gasteiger partial charge in [-0.2, -0.15) is 5.01 Å². The number of imide groups is 2. The highest BCUT2D eigenvalue weighted by atomic mass is 35.5. The van der Waals surface area contributed by atoms with Gasteiger partial charge in [-0.25, -0.2) is 4.98 Å². The van der Waals surface area contributed by atoms with Gasteiger partial charge in [-0.15, -0.1) is 0 Å². The lowest BCUT2D eigenvalue weighted by molar-refractivity contribution is -0.138. The average molecular weight is 775 g/mol. The number of nitrogens with zero attached hydrogens (tertiary/aromatic N) is 3. The lowest BCUT2D eigenvalue weighted by Gasteiger charge is -2.50. The highest BCUT2D eigenvalue weighted by molar-refractivity contribution is 6.30. The Morgan fingerprint density at radius 2 is 1.56 bits per heavy atom. The Hall–Kier alpha value is -6.52. The van der Waals surface area contributed by atoms with Gasteiger partial charge in [0, 0.05) is 22.1 Å². The Balaban J connectivity index is 1.08. The molecule has 6 aromatic rings. The molecule has 0 bridgehead atoms. The van der Waals surface area contributed by atoms with Crippen LogP contribution in [0.4, 0.5) is 11.4 Å². The van der Waals surface area contributed by atoms with Gasteiger partial charge in [0.15, 0.2) is 5.58 Å². The number of phenols is 1. The second-order valence-corrected chi connectivity index (χ2v) is 15.8. The summed E-state index contributed by atoms with van der Waals surface area (Å²) in [6.07, 6.45) is 2.32. The van der Waals surface area contributed by atoms with Gasteiger partial charge in [0.05, 0.1) is 34.5 Å². The molecule has 4 amide bonds. The van der Waals surface area contributed by atoms with Gasteiger partial charge in [0.2, 0.25) is 17.7 Å². The number of hydrogen-bond donors (Lipinski definition) is 2. The van der Waals surface area contributed by atoms with Crippen LogP contribution in [0.3, 0.4) is 0 Å². The highest BCUT2D eigenvalue weighted by Gasteiger charge is 2.70. The molecule has 1 aromatic heterocycles. The first kappa shape index (κ1) is 34.9. The van der Waals surface area contributed by atoms with E-state index in [1.54, 1.807) is 48.5 Å². The number of amides is 4. The van der Waals surface area contributed by atoms with Crippen molar-refractivity contribution in [2.75, 3.05) is 10.3 Å². The number of hydrazine groups is 1. The highest BCUT2D eigenvalue weighted by Crippen LogP contribution is 2.65. The summed E-state index contributed by atoms with van der Waals surface area (Å²) in [7, 11) is 0. The van der Waals surface area contributed by atoms with Gasteiger partial charge in [-0.05, 0) is 98.0 Å². The van der Waals surface area contributed by atoms with Crippen molar-refractivity contribution in [3.05, 3.63) is 155 Å². The van der Waals surface area contributed by atoms with Crippen molar-refractivity contribution in [1.29, 1.82) is 0 Å². The third-order valence-corrected chi connectivity index (χ3v) is 12.6. The minimum atomic E-state index is -1.53. The molecule has 10 nitrogen and oxygen atoms in total. The van der Waals surface area contributed by atoms with Gasteiger partial charge in [-0.3, -0.25) is 29.5 Å². The molecule has 11 heteroatoms. The summed E-state index contributed by atoms with van der Waals surface area (Å²) < 4.78 is 5.95. The molecule has 2 aliphatic heterocycles. The number of anilines is 2. The van der Waals surface area contributed by atoms with Crippen LogP contribution in [0.1, 0.15) is 35.4 Å². The van der Waals surface area contributed by atoms with Gasteiger partial charge in [0.1, 0.15) is 11.3 Å². The molecule has 0 unspecified atom stereocenters. The van der Waals surface area contributed by atoms with Crippen LogP contribution in [0.25, 0.3) is 22.6 Å². The maximum Gasteiger partial charge on any atom is 0.260 e. The van der Waals surface area contributed by atoms with Crippen molar-refractivity contribution in [3.8, 4) is 17.2 Å². The van der Waals surface area contributed by atoms with Crippen molar-refractivity contribution >= 4 is 57.7 Å². The van der Waals surface area contributed by atoms with Gasteiger partial charge < -0.3 is 9.52 Å². The number of aromatic nitrogens is 1. The number of para-hydroxylation sites is 2. The van der Waals surface area contributed by atoms with Crippen LogP contribution >= 0.6 is 11.6 Å². The maximum atomic E-state index is 15.3. The normalized spacial score (nSPS) is 25.4. The number of fused-ring (bicyclic) bond motifs is 5. The molecule has 4 aliphatic rings. The summed E-state index contributed by atoms with van der Waals surface area (Å²) >= 11 is 6.63. The smallest absolute Gasteiger partial charge is 0.260 e. The van der Waals surface area contributed by atoms with E-state index in [4.69, 9.17) is 16.0 Å². The molecular weight excluding hydrogens is 740 g/mol. The summed E-state index contributed by atoms with van der Waals surface area (Å²) in [6, 6.07) is 35.7. The predicted octanol–water partition coefficient (Wildman–Crippen LogP) is 8.35. The van der Waals surface area contributed by atoms with E-state index in [0.29, 0.717) is 44.6 Å². The third-order valence-electron chi connectivity index (χ3n) is 12.4. The second kappa shape index (κ2) is 13.0. The zero-order valence-electron chi connectivity index (χ0n) is 30.6. The van der Waals surface area contributed by atoms with E-state index in [1.165, 1.54) is 11.0 Å². The number of nitrogens with one attached hydrogen (secondary N) is 1. The monoisotopic (exact) mass is 774 g/mol. The zero-order chi connectivity index (χ0) is 39.2. The van der Waals surface area contributed by atoms with Crippen LogP contribution in [0.5, 0.6) is 5.75 Å². The summed E-state index contributed by atoms with van der Waals surface area (Å²) in [5, 5.41) is 13.0.